The van der Waals surface area contributed by atoms with Gasteiger partial charge in [-0.2, -0.15) is 4.98 Å². The van der Waals surface area contributed by atoms with Gasteiger partial charge in [0.15, 0.2) is 16.6 Å². The van der Waals surface area contributed by atoms with Crippen LogP contribution in [0.3, 0.4) is 0 Å². The number of fused-ring (bicyclic) bond motifs is 1. The largest absolute Gasteiger partial charge is 0.493 e. The molecule has 172 valence electrons. The molecule has 12 heteroatoms. The van der Waals surface area contributed by atoms with Crippen molar-refractivity contribution in [2.24, 2.45) is 0 Å². The van der Waals surface area contributed by atoms with E-state index in [1.54, 1.807) is 38.5 Å². The highest BCUT2D eigenvalue weighted by Crippen LogP contribution is 2.34. The molecule has 33 heavy (non-hydrogen) atoms. The minimum atomic E-state index is -0.435. The predicted octanol–water partition coefficient (Wildman–Crippen LogP) is 2.66. The Bertz CT molecular complexity index is 1200. The Hall–Kier alpha value is -3.93. The van der Waals surface area contributed by atoms with Crippen molar-refractivity contribution < 1.29 is 14.4 Å². The van der Waals surface area contributed by atoms with Gasteiger partial charge in [0, 0.05) is 55.5 Å². The Labute approximate surface area is 195 Å². The smallest absolute Gasteiger partial charge is 0.269 e. The van der Waals surface area contributed by atoms with Crippen molar-refractivity contribution in [3.63, 3.8) is 0 Å². The van der Waals surface area contributed by atoms with Crippen LogP contribution in [0.4, 0.5) is 23.1 Å². The molecule has 3 aromatic rings. The first-order valence-corrected chi connectivity index (χ1v) is 10.5. The van der Waals surface area contributed by atoms with E-state index in [1.165, 1.54) is 12.1 Å². The van der Waals surface area contributed by atoms with Gasteiger partial charge >= 0.3 is 0 Å². The van der Waals surface area contributed by atoms with Crippen molar-refractivity contribution >= 4 is 51.4 Å². The number of anilines is 3. The van der Waals surface area contributed by atoms with Crippen LogP contribution in [-0.4, -0.2) is 65.3 Å². The Balaban J connectivity index is 1.43. The number of aromatic nitrogens is 2. The average molecular weight is 470 g/mol. The molecule has 2 aromatic carbocycles. The molecule has 0 radical (unpaired) electrons. The van der Waals surface area contributed by atoms with Gasteiger partial charge in [0.25, 0.3) is 5.69 Å². The maximum atomic E-state index is 10.8. The molecule has 0 aliphatic carbocycles. The minimum Gasteiger partial charge on any atom is -0.493 e. The van der Waals surface area contributed by atoms with Crippen LogP contribution in [0.5, 0.6) is 11.5 Å². The van der Waals surface area contributed by atoms with Crippen LogP contribution in [0.15, 0.2) is 36.4 Å². The molecular weight excluding hydrogens is 446 g/mol. The maximum absolute atomic E-state index is 10.8. The third-order valence-electron chi connectivity index (χ3n) is 5.40. The second-order valence-corrected chi connectivity index (χ2v) is 7.73. The van der Waals surface area contributed by atoms with E-state index >= 15 is 0 Å². The number of nitrogens with two attached hydrogens (primary N) is 1. The highest BCUT2D eigenvalue weighted by molar-refractivity contribution is 7.80. The molecule has 0 atom stereocenters. The molecule has 0 saturated carbocycles. The summed E-state index contributed by atoms with van der Waals surface area (Å²) in [6.07, 6.45) is 0. The first kappa shape index (κ1) is 22.3. The quantitative estimate of drug-likeness (QED) is 0.325. The second-order valence-electron chi connectivity index (χ2n) is 7.34. The molecule has 3 N–H and O–H groups in total. The van der Waals surface area contributed by atoms with E-state index in [0.29, 0.717) is 71.1 Å². The summed E-state index contributed by atoms with van der Waals surface area (Å²) in [5, 5.41) is 15.2. The number of non-ortho nitro benzene ring substituents is 1. The number of piperazine rings is 1. The molecule has 1 aromatic heterocycles. The molecule has 1 aliphatic rings. The fraction of sp³-hybridized carbons (Fsp3) is 0.286. The second kappa shape index (κ2) is 9.28. The fourth-order valence-corrected chi connectivity index (χ4v) is 3.89. The molecule has 0 spiro atoms. The zero-order valence-corrected chi connectivity index (χ0v) is 19.0. The minimum absolute atomic E-state index is 0.0332. The number of nitro groups is 1. The van der Waals surface area contributed by atoms with E-state index in [2.05, 4.69) is 20.2 Å². The van der Waals surface area contributed by atoms with Gasteiger partial charge in [-0.25, -0.2) is 4.98 Å². The van der Waals surface area contributed by atoms with E-state index in [1.807, 2.05) is 4.90 Å². The highest BCUT2D eigenvalue weighted by Gasteiger charge is 2.22. The lowest BCUT2D eigenvalue weighted by atomic mass is 10.2. The van der Waals surface area contributed by atoms with Crippen LogP contribution < -0.4 is 25.4 Å². The van der Waals surface area contributed by atoms with Gasteiger partial charge in [-0.3, -0.25) is 10.1 Å². The van der Waals surface area contributed by atoms with Crippen molar-refractivity contribution in [2.75, 3.05) is 56.3 Å². The topological polar surface area (TPSA) is 132 Å². The third-order valence-corrected chi connectivity index (χ3v) is 5.76. The Morgan fingerprint density at radius 2 is 1.73 bits per heavy atom. The number of nitrogens with one attached hydrogen (secondary N) is 1. The van der Waals surface area contributed by atoms with Crippen LogP contribution in [0, 0.1) is 10.1 Å². The van der Waals surface area contributed by atoms with Gasteiger partial charge in [0.2, 0.25) is 5.95 Å². The number of nitro benzene ring substituents is 1. The zero-order chi connectivity index (χ0) is 23.5. The van der Waals surface area contributed by atoms with Crippen molar-refractivity contribution in [3.05, 3.63) is 46.5 Å². The van der Waals surface area contributed by atoms with Crippen LogP contribution in [-0.2, 0) is 0 Å². The summed E-state index contributed by atoms with van der Waals surface area (Å²) in [6, 6.07) is 9.71. The van der Waals surface area contributed by atoms with Crippen LogP contribution in [0.2, 0.25) is 0 Å². The summed E-state index contributed by atoms with van der Waals surface area (Å²) in [7, 11) is 3.14. The molecule has 2 heterocycles. The number of benzene rings is 2. The summed E-state index contributed by atoms with van der Waals surface area (Å²) in [6.45, 7) is 2.62. The lowest BCUT2D eigenvalue weighted by molar-refractivity contribution is -0.384. The normalized spacial score (nSPS) is 13.6. The van der Waals surface area contributed by atoms with E-state index in [0.717, 1.165) is 0 Å². The van der Waals surface area contributed by atoms with Gasteiger partial charge in [-0.15, -0.1) is 0 Å². The summed E-state index contributed by atoms with van der Waals surface area (Å²) < 4.78 is 10.7. The van der Waals surface area contributed by atoms with Crippen molar-refractivity contribution in [1.82, 2.24) is 14.9 Å². The van der Waals surface area contributed by atoms with Crippen LogP contribution in [0.25, 0.3) is 10.9 Å². The molecule has 0 bridgehead atoms. The number of hydrogen-bond acceptors (Lipinski definition) is 9. The van der Waals surface area contributed by atoms with Crippen LogP contribution in [0.1, 0.15) is 0 Å². The van der Waals surface area contributed by atoms with E-state index in [-0.39, 0.29) is 5.69 Å². The molecule has 4 rings (SSSR count). The SMILES string of the molecule is COc1cc2nc(N3CCN(C(=S)Nc4ccc([N+](=O)[O-])cc4)CC3)nc(N)c2cc1OC. The van der Waals surface area contributed by atoms with Crippen LogP contribution >= 0.6 is 12.2 Å². The van der Waals surface area contributed by atoms with E-state index < -0.39 is 4.92 Å². The number of ether oxygens (including phenoxy) is 2. The molecule has 11 nitrogen and oxygen atoms in total. The third kappa shape index (κ3) is 4.65. The summed E-state index contributed by atoms with van der Waals surface area (Å²) >= 11 is 5.52. The molecule has 1 fully saturated rings. The van der Waals surface area contributed by atoms with Gasteiger partial charge in [-0.1, -0.05) is 0 Å². The van der Waals surface area contributed by atoms with E-state index in [9.17, 15) is 10.1 Å². The van der Waals surface area contributed by atoms with Crippen molar-refractivity contribution in [3.8, 4) is 11.5 Å². The summed E-state index contributed by atoms with van der Waals surface area (Å²) in [5.41, 5.74) is 7.62. The Morgan fingerprint density at radius 1 is 1.09 bits per heavy atom. The van der Waals surface area contributed by atoms with Crippen molar-refractivity contribution in [1.29, 1.82) is 0 Å². The number of hydrogen-bond donors (Lipinski definition) is 2. The first-order chi connectivity index (χ1) is 15.9. The molecule has 0 amide bonds. The number of methoxy groups -OCH3 is 2. The molecule has 0 unspecified atom stereocenters. The zero-order valence-electron chi connectivity index (χ0n) is 18.1. The van der Waals surface area contributed by atoms with Gasteiger partial charge in [0.1, 0.15) is 5.82 Å². The number of nitrogen functional groups attached to an aromatic ring is 1. The average Bonchev–Trinajstić information content (AvgIpc) is 2.83. The van der Waals surface area contributed by atoms with Gasteiger partial charge in [0.05, 0.1) is 24.7 Å². The molecular formula is C21H23N7O4S. The monoisotopic (exact) mass is 469 g/mol. The summed E-state index contributed by atoms with van der Waals surface area (Å²) in [4.78, 5) is 23.6. The molecule has 1 aliphatic heterocycles. The number of rotatable bonds is 5. The van der Waals surface area contributed by atoms with E-state index in [4.69, 9.17) is 27.4 Å². The predicted molar refractivity (Wildman–Crippen MR) is 130 cm³/mol. The lowest BCUT2D eigenvalue weighted by Gasteiger charge is -2.36. The fourth-order valence-electron chi connectivity index (χ4n) is 3.59. The Morgan fingerprint density at radius 3 is 2.33 bits per heavy atom. The lowest BCUT2D eigenvalue weighted by Crippen LogP contribution is -2.50. The number of nitrogens with zero attached hydrogens (tertiary/aromatic N) is 5. The van der Waals surface area contributed by atoms with Crippen molar-refractivity contribution in [2.45, 2.75) is 0 Å². The number of thiocarbonyl (C=S) groups is 1. The maximum Gasteiger partial charge on any atom is 0.269 e. The molecule has 1 saturated heterocycles. The van der Waals surface area contributed by atoms with Gasteiger partial charge < -0.3 is 30.3 Å². The highest BCUT2D eigenvalue weighted by atomic mass is 32.1. The summed E-state index contributed by atoms with van der Waals surface area (Å²) in [5.74, 6) is 2.05. The van der Waals surface area contributed by atoms with Gasteiger partial charge in [-0.05, 0) is 30.4 Å². The Kier molecular flexibility index (Phi) is 6.27. The first-order valence-electron chi connectivity index (χ1n) is 10.1. The standard InChI is InChI=1S/C21H23N7O4S/c1-31-17-11-15-16(12-18(17)32-2)24-20(25-19(15)22)26-7-9-27(10-8-26)21(33)23-13-3-5-14(6-4-13)28(29)30/h3-6,11-12H,7-10H2,1-2H3,(H,23,33)(H2,22,24,25).